The van der Waals surface area contributed by atoms with E-state index >= 15 is 4.39 Å². The van der Waals surface area contributed by atoms with Crippen molar-refractivity contribution in [3.8, 4) is 23.0 Å². The summed E-state index contributed by atoms with van der Waals surface area (Å²) in [4.78, 5) is 17.9. The number of phenols is 1. The highest BCUT2D eigenvalue weighted by Gasteiger charge is 2.26. The molecule has 2 aliphatic heterocycles. The molecule has 2 aromatic heterocycles. The average molecular weight is 485 g/mol. The second-order valence-corrected chi connectivity index (χ2v) is 9.46. The van der Waals surface area contributed by atoms with Gasteiger partial charge in [0.25, 0.3) is 0 Å². The standard InChI is InChI=1S/C25H30F2N6O2/c1-15-13-28-8-11-33(15)24-17-12-19(27)22(21-18(26)4-3-5-20(21)34)29-23(17)30-25(31-24)35-14-16-6-9-32(2)10-7-16/h3-5,12,15-16,28,34H,6-11,13-14H2,1-2H3/t15-/m1/s1. The second kappa shape index (κ2) is 9.87. The lowest BCUT2D eigenvalue weighted by Gasteiger charge is -2.35. The number of nitrogens with one attached hydrogen (secondary N) is 1. The van der Waals surface area contributed by atoms with Crippen LogP contribution in [0.1, 0.15) is 19.8 Å². The zero-order chi connectivity index (χ0) is 24.5. The number of hydrogen-bond acceptors (Lipinski definition) is 8. The minimum Gasteiger partial charge on any atom is -0.507 e. The lowest BCUT2D eigenvalue weighted by atomic mass is 9.98. The third-order valence-corrected chi connectivity index (χ3v) is 6.89. The van der Waals surface area contributed by atoms with Gasteiger partial charge in [0.1, 0.15) is 23.1 Å². The van der Waals surface area contributed by atoms with Crippen LogP contribution < -0.4 is 15.0 Å². The zero-order valence-corrected chi connectivity index (χ0v) is 20.0. The van der Waals surface area contributed by atoms with E-state index in [-0.39, 0.29) is 34.7 Å². The Morgan fingerprint density at radius 2 is 1.91 bits per heavy atom. The normalized spacial score (nSPS) is 19.9. The molecule has 186 valence electrons. The first-order valence-corrected chi connectivity index (χ1v) is 12.1. The maximum absolute atomic E-state index is 15.3. The number of ether oxygens (including phenoxy) is 1. The average Bonchev–Trinajstić information content (AvgIpc) is 2.84. The summed E-state index contributed by atoms with van der Waals surface area (Å²) in [5, 5.41) is 14.0. The van der Waals surface area contributed by atoms with Gasteiger partial charge in [0.15, 0.2) is 11.5 Å². The van der Waals surface area contributed by atoms with Crippen LogP contribution >= 0.6 is 0 Å². The van der Waals surface area contributed by atoms with Crippen LogP contribution in [-0.2, 0) is 0 Å². The van der Waals surface area contributed by atoms with Crippen molar-refractivity contribution >= 4 is 16.9 Å². The van der Waals surface area contributed by atoms with Gasteiger partial charge in [0.05, 0.1) is 17.6 Å². The number of piperidine rings is 1. The van der Waals surface area contributed by atoms with Gasteiger partial charge in [-0.3, -0.25) is 0 Å². The van der Waals surface area contributed by atoms with E-state index in [0.717, 1.165) is 45.1 Å². The van der Waals surface area contributed by atoms with Crippen LogP contribution in [0.15, 0.2) is 24.3 Å². The van der Waals surface area contributed by atoms with Gasteiger partial charge in [0.2, 0.25) is 0 Å². The largest absolute Gasteiger partial charge is 0.507 e. The summed E-state index contributed by atoms with van der Waals surface area (Å²) < 4.78 is 35.8. The highest BCUT2D eigenvalue weighted by atomic mass is 19.1. The number of aromatic hydroxyl groups is 1. The van der Waals surface area contributed by atoms with Crippen molar-refractivity contribution in [3.05, 3.63) is 35.9 Å². The number of pyridine rings is 1. The van der Waals surface area contributed by atoms with E-state index in [9.17, 15) is 9.50 Å². The molecule has 5 rings (SSSR count). The molecule has 2 saturated heterocycles. The monoisotopic (exact) mass is 484 g/mol. The summed E-state index contributed by atoms with van der Waals surface area (Å²) in [5.74, 6) is -0.971. The van der Waals surface area contributed by atoms with Gasteiger partial charge in [-0.15, -0.1) is 0 Å². The lowest BCUT2D eigenvalue weighted by molar-refractivity contribution is 0.154. The Bertz CT molecular complexity index is 1200. The highest BCUT2D eigenvalue weighted by molar-refractivity contribution is 5.90. The molecular formula is C25H30F2N6O2. The van der Waals surface area contributed by atoms with E-state index in [1.165, 1.54) is 18.2 Å². The first-order valence-electron chi connectivity index (χ1n) is 12.1. The second-order valence-electron chi connectivity index (χ2n) is 9.46. The van der Waals surface area contributed by atoms with Crippen molar-refractivity contribution in [2.24, 2.45) is 5.92 Å². The number of benzene rings is 1. The fourth-order valence-electron chi connectivity index (χ4n) is 4.78. The van der Waals surface area contributed by atoms with Crippen LogP contribution in [0.4, 0.5) is 14.6 Å². The van der Waals surface area contributed by atoms with Crippen LogP contribution in [0.2, 0.25) is 0 Å². The zero-order valence-electron chi connectivity index (χ0n) is 20.0. The third kappa shape index (κ3) is 4.85. The predicted octanol–water partition coefficient (Wildman–Crippen LogP) is 3.19. The third-order valence-electron chi connectivity index (χ3n) is 6.89. The number of phenolic OH excluding ortho intramolecular Hbond substituents is 1. The molecule has 1 atom stereocenters. The molecular weight excluding hydrogens is 454 g/mol. The number of piperazine rings is 1. The molecule has 0 saturated carbocycles. The summed E-state index contributed by atoms with van der Waals surface area (Å²) in [7, 11) is 2.11. The summed E-state index contributed by atoms with van der Waals surface area (Å²) in [5.41, 5.74) is -0.401. The minimum absolute atomic E-state index is 0.113. The van der Waals surface area contributed by atoms with Gasteiger partial charge < -0.3 is 25.0 Å². The summed E-state index contributed by atoms with van der Waals surface area (Å²) in [6.45, 7) is 6.79. The molecule has 4 heterocycles. The van der Waals surface area contributed by atoms with Gasteiger partial charge in [-0.05, 0) is 64.0 Å². The molecule has 35 heavy (non-hydrogen) atoms. The number of anilines is 1. The van der Waals surface area contributed by atoms with E-state index in [1.54, 1.807) is 0 Å². The summed E-state index contributed by atoms with van der Waals surface area (Å²) >= 11 is 0. The molecule has 0 spiro atoms. The number of aromatic nitrogens is 3. The molecule has 0 bridgehead atoms. The predicted molar refractivity (Wildman–Crippen MR) is 130 cm³/mol. The molecule has 2 aliphatic rings. The summed E-state index contributed by atoms with van der Waals surface area (Å²) in [6.07, 6.45) is 2.07. The molecule has 0 aliphatic carbocycles. The number of nitrogens with zero attached hydrogens (tertiary/aromatic N) is 5. The number of fused-ring (bicyclic) bond motifs is 1. The van der Waals surface area contributed by atoms with Crippen LogP contribution in [0, 0.1) is 17.6 Å². The van der Waals surface area contributed by atoms with Gasteiger partial charge in [-0.2, -0.15) is 9.97 Å². The fraction of sp³-hybridized carbons (Fsp3) is 0.480. The number of rotatable bonds is 5. The van der Waals surface area contributed by atoms with Crippen LogP contribution in [0.5, 0.6) is 11.8 Å². The Labute approximate surface area is 203 Å². The SMILES string of the molecule is C[C@@H]1CNCCN1c1nc(OCC2CCN(C)CC2)nc2nc(-c3c(O)cccc3F)c(F)cc12. The van der Waals surface area contributed by atoms with Crippen molar-refractivity contribution in [3.63, 3.8) is 0 Å². The molecule has 2 N–H and O–H groups in total. The van der Waals surface area contributed by atoms with Crippen molar-refractivity contribution in [2.75, 3.05) is 51.3 Å². The van der Waals surface area contributed by atoms with Crippen molar-refractivity contribution in [1.82, 2.24) is 25.2 Å². The number of likely N-dealkylation sites (tertiary alicyclic amines) is 1. The Kier molecular flexibility index (Phi) is 6.66. The van der Waals surface area contributed by atoms with Crippen LogP contribution in [0.3, 0.4) is 0 Å². The smallest absolute Gasteiger partial charge is 0.320 e. The topological polar surface area (TPSA) is 86.6 Å². The number of halogens is 2. The van der Waals surface area contributed by atoms with Crippen molar-refractivity contribution in [2.45, 2.75) is 25.8 Å². The number of hydrogen-bond donors (Lipinski definition) is 2. The fourth-order valence-corrected chi connectivity index (χ4v) is 4.78. The molecule has 0 radical (unpaired) electrons. The van der Waals surface area contributed by atoms with Crippen molar-refractivity contribution in [1.29, 1.82) is 0 Å². The van der Waals surface area contributed by atoms with Crippen molar-refractivity contribution < 1.29 is 18.6 Å². The minimum atomic E-state index is -0.764. The van der Waals surface area contributed by atoms with Gasteiger partial charge in [0, 0.05) is 25.7 Å². The van der Waals surface area contributed by atoms with Gasteiger partial charge in [-0.1, -0.05) is 6.07 Å². The maximum Gasteiger partial charge on any atom is 0.320 e. The first kappa shape index (κ1) is 23.6. The van der Waals surface area contributed by atoms with Crippen LogP contribution in [0.25, 0.3) is 22.3 Å². The van der Waals surface area contributed by atoms with Gasteiger partial charge in [-0.25, -0.2) is 13.8 Å². The Morgan fingerprint density at radius 1 is 1.11 bits per heavy atom. The van der Waals surface area contributed by atoms with E-state index in [4.69, 9.17) is 4.74 Å². The first-order chi connectivity index (χ1) is 16.9. The highest BCUT2D eigenvalue weighted by Crippen LogP contribution is 2.36. The Morgan fingerprint density at radius 3 is 2.66 bits per heavy atom. The molecule has 0 unspecified atom stereocenters. The molecule has 3 aromatic rings. The molecule has 2 fully saturated rings. The maximum atomic E-state index is 15.3. The Hall–Kier alpha value is -3.11. The van der Waals surface area contributed by atoms with E-state index in [1.807, 2.05) is 0 Å². The molecule has 8 nitrogen and oxygen atoms in total. The van der Waals surface area contributed by atoms with E-state index in [2.05, 4.69) is 44.0 Å². The van der Waals surface area contributed by atoms with Crippen LogP contribution in [-0.4, -0.2) is 77.4 Å². The molecule has 0 amide bonds. The van der Waals surface area contributed by atoms with Gasteiger partial charge >= 0.3 is 6.01 Å². The molecule has 1 aromatic carbocycles. The summed E-state index contributed by atoms with van der Waals surface area (Å²) in [6, 6.07) is 5.36. The van der Waals surface area contributed by atoms with E-state index in [0.29, 0.717) is 30.3 Å². The lowest BCUT2D eigenvalue weighted by Crippen LogP contribution is -2.50. The molecule has 10 heteroatoms. The Balaban J connectivity index is 1.57. The quantitative estimate of drug-likeness (QED) is 0.571. The van der Waals surface area contributed by atoms with E-state index < -0.39 is 11.6 Å².